The van der Waals surface area contributed by atoms with Gasteiger partial charge in [0, 0.05) is 26.0 Å². The topological polar surface area (TPSA) is 27.7 Å². The molecule has 0 atom stereocenters. The molecule has 0 spiro atoms. The van der Waals surface area contributed by atoms with E-state index in [1.165, 1.54) is 5.56 Å². The van der Waals surface area contributed by atoms with Gasteiger partial charge in [-0.15, -0.1) is 0 Å². The maximum absolute atomic E-state index is 9.75. The lowest BCUT2D eigenvalue weighted by Crippen LogP contribution is -2.39. The van der Waals surface area contributed by atoms with E-state index in [9.17, 15) is 17.3 Å². The number of nitriles is 1. The Morgan fingerprint density at radius 1 is 1.12 bits per heavy atom. The molecule has 94 valence electrons. The molecule has 0 N–H and O–H groups in total. The molecule has 0 fully saturated rings. The van der Waals surface area contributed by atoms with Crippen LogP contribution in [0.4, 0.5) is 17.3 Å². The van der Waals surface area contributed by atoms with Crippen LogP contribution in [-0.2, 0) is 6.54 Å². The Morgan fingerprint density at radius 2 is 1.47 bits per heavy atom. The predicted octanol–water partition coefficient (Wildman–Crippen LogP) is 2.72. The standard InChI is InChI=1S/C10H13N2.BF4/c1-8-6-9(2)12(5-4-11)10(3)7-8;2-1(3,4)5/h6-7H,5H2,1-3H3;/q+1;-1. The van der Waals surface area contributed by atoms with Crippen molar-refractivity contribution in [3.05, 3.63) is 29.1 Å². The molecule has 17 heavy (non-hydrogen) atoms. The first-order valence-corrected chi connectivity index (χ1v) is 4.87. The Kier molecular flexibility index (Phi) is 5.65. The van der Waals surface area contributed by atoms with Gasteiger partial charge in [0.05, 0.1) is 0 Å². The zero-order valence-corrected chi connectivity index (χ0v) is 9.85. The lowest BCUT2D eigenvalue weighted by molar-refractivity contribution is -0.697. The van der Waals surface area contributed by atoms with Gasteiger partial charge in [-0.1, -0.05) is 0 Å². The van der Waals surface area contributed by atoms with Crippen molar-refractivity contribution in [1.29, 1.82) is 5.26 Å². The Hall–Kier alpha value is -1.58. The van der Waals surface area contributed by atoms with Gasteiger partial charge in [-0.25, -0.2) is 0 Å². The van der Waals surface area contributed by atoms with Gasteiger partial charge < -0.3 is 17.3 Å². The number of aryl methyl sites for hydroxylation is 3. The average Bonchev–Trinajstić information content (AvgIpc) is 2.08. The van der Waals surface area contributed by atoms with E-state index in [4.69, 9.17) is 5.26 Å². The van der Waals surface area contributed by atoms with Crippen LogP contribution in [0.1, 0.15) is 17.0 Å². The molecule has 7 heteroatoms. The van der Waals surface area contributed by atoms with Crippen molar-refractivity contribution in [2.75, 3.05) is 0 Å². The van der Waals surface area contributed by atoms with Crippen molar-refractivity contribution in [2.45, 2.75) is 27.3 Å². The third kappa shape index (κ3) is 7.33. The van der Waals surface area contributed by atoms with E-state index in [2.05, 4.69) is 25.1 Å². The number of hydrogen-bond donors (Lipinski definition) is 0. The van der Waals surface area contributed by atoms with Gasteiger partial charge in [0.2, 0.25) is 6.54 Å². The van der Waals surface area contributed by atoms with E-state index in [-0.39, 0.29) is 0 Å². The van der Waals surface area contributed by atoms with Crippen molar-refractivity contribution in [3.8, 4) is 6.07 Å². The molecule has 0 unspecified atom stereocenters. The van der Waals surface area contributed by atoms with Crippen LogP contribution < -0.4 is 4.57 Å². The van der Waals surface area contributed by atoms with Gasteiger partial charge >= 0.3 is 7.25 Å². The smallest absolute Gasteiger partial charge is 0.418 e. The maximum Gasteiger partial charge on any atom is 0.673 e. The van der Waals surface area contributed by atoms with E-state index in [0.717, 1.165) is 11.4 Å². The third-order valence-corrected chi connectivity index (χ3v) is 1.95. The van der Waals surface area contributed by atoms with E-state index >= 15 is 0 Å². The summed E-state index contributed by atoms with van der Waals surface area (Å²) in [4.78, 5) is 0. The molecule has 1 rings (SSSR count). The van der Waals surface area contributed by atoms with Crippen LogP contribution in [0, 0.1) is 32.1 Å². The highest BCUT2D eigenvalue weighted by molar-refractivity contribution is 6.50. The van der Waals surface area contributed by atoms with Crippen molar-refractivity contribution in [2.24, 2.45) is 0 Å². The fourth-order valence-electron chi connectivity index (χ4n) is 1.45. The molecule has 1 heterocycles. The maximum atomic E-state index is 9.75. The zero-order valence-electron chi connectivity index (χ0n) is 9.85. The van der Waals surface area contributed by atoms with Gasteiger partial charge in [0.25, 0.3) is 0 Å². The molecule has 1 aromatic heterocycles. The Balaban J connectivity index is 0.000000437. The van der Waals surface area contributed by atoms with Gasteiger partial charge in [-0.2, -0.15) is 9.83 Å². The lowest BCUT2D eigenvalue weighted by Gasteiger charge is -2.00. The summed E-state index contributed by atoms with van der Waals surface area (Å²) in [7, 11) is -6.00. The fraction of sp³-hybridized carbons (Fsp3) is 0.400. The minimum Gasteiger partial charge on any atom is -0.418 e. The molecule has 0 bridgehead atoms. The number of aromatic nitrogens is 1. The van der Waals surface area contributed by atoms with Gasteiger partial charge in [-0.3, -0.25) is 0 Å². The third-order valence-electron chi connectivity index (χ3n) is 1.95. The second-order valence-electron chi connectivity index (χ2n) is 3.55. The second kappa shape index (κ2) is 6.23. The van der Waals surface area contributed by atoms with Crippen molar-refractivity contribution < 1.29 is 21.8 Å². The molecule has 0 aliphatic rings. The largest absolute Gasteiger partial charge is 0.673 e. The Bertz CT molecular complexity index is 394. The molecule has 0 aromatic carbocycles. The quantitative estimate of drug-likeness (QED) is 0.426. The molecule has 0 aliphatic carbocycles. The molecule has 0 saturated carbocycles. The van der Waals surface area contributed by atoms with Gasteiger partial charge in [0.1, 0.15) is 6.07 Å². The molecule has 1 aromatic rings. The zero-order chi connectivity index (χ0) is 13.6. The molecule has 0 radical (unpaired) electrons. The molecule has 0 amide bonds. The predicted molar refractivity (Wildman–Crippen MR) is 56.6 cm³/mol. The monoisotopic (exact) mass is 248 g/mol. The lowest BCUT2D eigenvalue weighted by atomic mass is 10.2. The van der Waals surface area contributed by atoms with E-state index < -0.39 is 7.25 Å². The summed E-state index contributed by atoms with van der Waals surface area (Å²) in [6, 6.07) is 6.32. The molecular formula is C10H13BF4N2. The molecule has 0 saturated heterocycles. The minimum absolute atomic E-state index is 0.442. The summed E-state index contributed by atoms with van der Waals surface area (Å²) >= 11 is 0. The normalized spacial score (nSPS) is 10.2. The number of pyridine rings is 1. The summed E-state index contributed by atoms with van der Waals surface area (Å²) in [5, 5.41) is 8.57. The molecule has 2 nitrogen and oxygen atoms in total. The Labute approximate surface area is 97.6 Å². The van der Waals surface area contributed by atoms with Crippen molar-refractivity contribution >= 4 is 7.25 Å². The summed E-state index contributed by atoms with van der Waals surface area (Å²) in [6.07, 6.45) is 0. The number of rotatable bonds is 1. The van der Waals surface area contributed by atoms with Crippen LogP contribution in [0.2, 0.25) is 0 Å². The number of hydrogen-bond acceptors (Lipinski definition) is 1. The van der Waals surface area contributed by atoms with Crippen LogP contribution in [0.5, 0.6) is 0 Å². The second-order valence-corrected chi connectivity index (χ2v) is 3.55. The summed E-state index contributed by atoms with van der Waals surface area (Å²) in [5.41, 5.74) is 3.54. The summed E-state index contributed by atoms with van der Waals surface area (Å²) in [6.45, 7) is 6.56. The van der Waals surface area contributed by atoms with Crippen LogP contribution >= 0.6 is 0 Å². The highest BCUT2D eigenvalue weighted by Gasteiger charge is 2.20. The molecule has 0 aliphatic heterocycles. The highest BCUT2D eigenvalue weighted by atomic mass is 19.5. The van der Waals surface area contributed by atoms with Gasteiger partial charge in [0.15, 0.2) is 11.4 Å². The van der Waals surface area contributed by atoms with Crippen LogP contribution in [0.3, 0.4) is 0 Å². The fourth-order valence-corrected chi connectivity index (χ4v) is 1.45. The highest BCUT2D eigenvalue weighted by Crippen LogP contribution is 2.06. The van der Waals surface area contributed by atoms with Crippen LogP contribution in [0.25, 0.3) is 0 Å². The molecular weight excluding hydrogens is 235 g/mol. The summed E-state index contributed by atoms with van der Waals surface area (Å²) in [5.74, 6) is 0. The first-order chi connectivity index (χ1) is 7.65. The minimum atomic E-state index is -6.00. The summed E-state index contributed by atoms with van der Waals surface area (Å²) < 4.78 is 41.0. The first kappa shape index (κ1) is 15.4. The van der Waals surface area contributed by atoms with Crippen molar-refractivity contribution in [1.82, 2.24) is 0 Å². The SMILES string of the molecule is Cc1cc(C)[n+](CC#N)c(C)c1.F[B-](F)(F)F. The van der Waals surface area contributed by atoms with Crippen LogP contribution in [0.15, 0.2) is 12.1 Å². The van der Waals surface area contributed by atoms with E-state index in [0.29, 0.717) is 6.54 Å². The first-order valence-electron chi connectivity index (χ1n) is 4.87. The van der Waals surface area contributed by atoms with Gasteiger partial charge in [-0.05, 0) is 12.5 Å². The van der Waals surface area contributed by atoms with Crippen molar-refractivity contribution in [3.63, 3.8) is 0 Å². The van der Waals surface area contributed by atoms with E-state index in [1.54, 1.807) is 0 Å². The number of halogens is 4. The van der Waals surface area contributed by atoms with E-state index in [1.807, 2.05) is 18.4 Å². The average molecular weight is 248 g/mol. The Morgan fingerprint density at radius 3 is 1.76 bits per heavy atom. The number of nitrogens with zero attached hydrogens (tertiary/aromatic N) is 2. The van der Waals surface area contributed by atoms with Crippen LogP contribution in [-0.4, -0.2) is 7.25 Å².